The van der Waals surface area contributed by atoms with Crippen LogP contribution >= 0.6 is 11.3 Å². The Bertz CT molecular complexity index is 758. The average molecular weight is 373 g/mol. The molecule has 4 rings (SSSR count). The molecule has 0 saturated carbocycles. The first kappa shape index (κ1) is 17.4. The van der Waals surface area contributed by atoms with Gasteiger partial charge in [-0.05, 0) is 25.8 Å². The minimum absolute atomic E-state index is 0.156. The maximum Gasteiger partial charge on any atom is 0.225 e. The van der Waals surface area contributed by atoms with Gasteiger partial charge in [-0.1, -0.05) is 0 Å². The maximum atomic E-state index is 12.5. The van der Waals surface area contributed by atoms with Crippen LogP contribution in [0.1, 0.15) is 30.0 Å². The third-order valence-corrected chi connectivity index (χ3v) is 6.01. The van der Waals surface area contributed by atoms with Gasteiger partial charge in [0.2, 0.25) is 11.9 Å². The molecule has 2 aliphatic heterocycles. The molecule has 0 atom stereocenters. The van der Waals surface area contributed by atoms with Crippen LogP contribution in [-0.2, 0) is 16.1 Å². The smallest absolute Gasteiger partial charge is 0.225 e. The molecule has 0 N–H and O–H groups in total. The Balaban J connectivity index is 1.45. The predicted octanol–water partition coefficient (Wildman–Crippen LogP) is 2.03. The number of hydrogen-bond acceptors (Lipinski definition) is 7. The van der Waals surface area contributed by atoms with Crippen LogP contribution in [-0.4, -0.2) is 57.6 Å². The van der Waals surface area contributed by atoms with E-state index in [-0.39, 0.29) is 11.5 Å². The molecular weight excluding hydrogens is 350 g/mol. The van der Waals surface area contributed by atoms with E-state index in [0.717, 1.165) is 42.6 Å². The Hall–Kier alpha value is -2.06. The highest BCUT2D eigenvalue weighted by atomic mass is 32.1. The zero-order valence-electron chi connectivity index (χ0n) is 14.9. The van der Waals surface area contributed by atoms with E-state index in [1.165, 1.54) is 0 Å². The normalized spacial score (nSPS) is 20.4. The van der Waals surface area contributed by atoms with Crippen LogP contribution in [0.25, 0.3) is 0 Å². The first-order valence-electron chi connectivity index (χ1n) is 8.98. The fraction of sp³-hybridized carbons (Fsp3) is 0.556. The molecule has 2 fully saturated rings. The maximum absolute atomic E-state index is 12.5. The van der Waals surface area contributed by atoms with Crippen molar-refractivity contribution in [3.63, 3.8) is 0 Å². The molecule has 2 aliphatic rings. The number of carbonyl (C=O) groups excluding carboxylic acids is 1. The van der Waals surface area contributed by atoms with Crippen LogP contribution in [0.2, 0.25) is 0 Å². The van der Waals surface area contributed by atoms with Gasteiger partial charge >= 0.3 is 0 Å². The Morgan fingerprint density at radius 1 is 1.27 bits per heavy atom. The molecule has 1 amide bonds. The third kappa shape index (κ3) is 3.71. The number of ether oxygens (including phenoxy) is 1. The standard InChI is InChI=1S/C18H23N5O2S/c1-14-12-26-15(21-14)11-23-13-18(25-10-3-16(23)24)4-8-22(9-5-18)17-19-6-2-7-20-17/h2,6-7,12H,3-5,8-11,13H2,1H3. The van der Waals surface area contributed by atoms with Gasteiger partial charge in [0.15, 0.2) is 0 Å². The van der Waals surface area contributed by atoms with Gasteiger partial charge in [-0.3, -0.25) is 4.79 Å². The minimum Gasteiger partial charge on any atom is -0.372 e. The summed E-state index contributed by atoms with van der Waals surface area (Å²) >= 11 is 1.61. The predicted molar refractivity (Wildman–Crippen MR) is 99.0 cm³/mol. The molecule has 1 spiro atoms. The van der Waals surface area contributed by atoms with Crippen molar-refractivity contribution in [3.05, 3.63) is 34.5 Å². The fourth-order valence-electron chi connectivity index (χ4n) is 3.65. The number of aryl methyl sites for hydroxylation is 1. The number of aromatic nitrogens is 3. The second-order valence-corrected chi connectivity index (χ2v) is 7.89. The van der Waals surface area contributed by atoms with E-state index in [2.05, 4.69) is 19.9 Å². The number of rotatable bonds is 3. The van der Waals surface area contributed by atoms with Crippen molar-refractivity contribution in [2.24, 2.45) is 0 Å². The van der Waals surface area contributed by atoms with E-state index in [9.17, 15) is 4.79 Å². The summed E-state index contributed by atoms with van der Waals surface area (Å²) in [5.41, 5.74) is 0.735. The Morgan fingerprint density at radius 3 is 2.73 bits per heavy atom. The van der Waals surface area contributed by atoms with Gasteiger partial charge in [-0.2, -0.15) is 0 Å². The molecule has 2 saturated heterocycles. The first-order valence-corrected chi connectivity index (χ1v) is 9.86. The van der Waals surface area contributed by atoms with E-state index in [1.807, 2.05) is 23.3 Å². The summed E-state index contributed by atoms with van der Waals surface area (Å²) in [5, 5.41) is 3.02. The Labute approximate surface area is 157 Å². The van der Waals surface area contributed by atoms with Crippen molar-refractivity contribution < 1.29 is 9.53 Å². The summed E-state index contributed by atoms with van der Waals surface area (Å²) in [7, 11) is 0. The number of piperidine rings is 1. The lowest BCUT2D eigenvalue weighted by atomic mass is 9.90. The molecular formula is C18H23N5O2S. The highest BCUT2D eigenvalue weighted by molar-refractivity contribution is 7.09. The van der Waals surface area contributed by atoms with Gasteiger partial charge in [0.05, 0.1) is 31.7 Å². The Morgan fingerprint density at radius 2 is 2.04 bits per heavy atom. The van der Waals surface area contributed by atoms with Crippen molar-refractivity contribution in [3.8, 4) is 0 Å². The van der Waals surface area contributed by atoms with E-state index in [1.54, 1.807) is 23.7 Å². The fourth-order valence-corrected chi connectivity index (χ4v) is 4.43. The molecule has 0 aromatic carbocycles. The van der Waals surface area contributed by atoms with Crippen molar-refractivity contribution in [1.82, 2.24) is 19.9 Å². The summed E-state index contributed by atoms with van der Waals surface area (Å²) in [6.45, 7) is 5.36. The molecule has 2 aromatic rings. The highest BCUT2D eigenvalue weighted by Gasteiger charge is 2.40. The summed E-state index contributed by atoms with van der Waals surface area (Å²) < 4.78 is 6.21. The van der Waals surface area contributed by atoms with Crippen LogP contribution in [0.3, 0.4) is 0 Å². The quantitative estimate of drug-likeness (QED) is 0.820. The molecule has 8 heteroatoms. The minimum atomic E-state index is -0.274. The van der Waals surface area contributed by atoms with Gasteiger partial charge in [0, 0.05) is 36.6 Å². The molecule has 0 unspecified atom stereocenters. The van der Waals surface area contributed by atoms with Crippen molar-refractivity contribution in [1.29, 1.82) is 0 Å². The van der Waals surface area contributed by atoms with E-state index in [0.29, 0.717) is 26.1 Å². The highest BCUT2D eigenvalue weighted by Crippen LogP contribution is 2.32. The number of amides is 1. The molecule has 2 aromatic heterocycles. The first-order chi connectivity index (χ1) is 12.6. The van der Waals surface area contributed by atoms with Gasteiger partial charge in [-0.15, -0.1) is 11.3 Å². The molecule has 26 heavy (non-hydrogen) atoms. The number of anilines is 1. The van der Waals surface area contributed by atoms with Gasteiger partial charge < -0.3 is 14.5 Å². The molecule has 138 valence electrons. The van der Waals surface area contributed by atoms with Crippen molar-refractivity contribution >= 4 is 23.2 Å². The molecule has 0 bridgehead atoms. The second kappa shape index (κ2) is 7.28. The third-order valence-electron chi connectivity index (χ3n) is 5.06. The number of carbonyl (C=O) groups is 1. The number of nitrogens with zero attached hydrogens (tertiary/aromatic N) is 5. The van der Waals surface area contributed by atoms with Crippen LogP contribution < -0.4 is 4.90 Å². The molecule has 0 radical (unpaired) electrons. The summed E-state index contributed by atoms with van der Waals surface area (Å²) in [6, 6.07) is 1.83. The lowest BCUT2D eigenvalue weighted by molar-refractivity contribution is -0.132. The zero-order valence-corrected chi connectivity index (χ0v) is 15.7. The average Bonchev–Trinajstić information content (AvgIpc) is 3.00. The lowest BCUT2D eigenvalue weighted by Gasteiger charge is -2.42. The van der Waals surface area contributed by atoms with Crippen molar-refractivity contribution in [2.75, 3.05) is 31.1 Å². The van der Waals surface area contributed by atoms with Crippen LogP contribution in [0.5, 0.6) is 0 Å². The van der Waals surface area contributed by atoms with E-state index in [4.69, 9.17) is 4.74 Å². The van der Waals surface area contributed by atoms with Crippen LogP contribution in [0.4, 0.5) is 5.95 Å². The Kier molecular flexibility index (Phi) is 4.86. The molecule has 7 nitrogen and oxygen atoms in total. The summed E-state index contributed by atoms with van der Waals surface area (Å²) in [5.74, 6) is 0.922. The topological polar surface area (TPSA) is 71.5 Å². The van der Waals surface area contributed by atoms with Gasteiger partial charge in [0.25, 0.3) is 0 Å². The van der Waals surface area contributed by atoms with E-state index < -0.39 is 0 Å². The van der Waals surface area contributed by atoms with Crippen LogP contribution in [0, 0.1) is 6.92 Å². The number of hydrogen-bond donors (Lipinski definition) is 0. The SMILES string of the molecule is Cc1csc(CN2CC3(CCN(c4ncccn4)CC3)OCCC2=O)n1. The van der Waals surface area contributed by atoms with Gasteiger partial charge in [-0.25, -0.2) is 15.0 Å². The lowest BCUT2D eigenvalue weighted by Crippen LogP contribution is -2.52. The number of thiazole rings is 1. The molecule has 4 heterocycles. The zero-order chi connectivity index (χ0) is 18.0. The molecule has 0 aliphatic carbocycles. The largest absolute Gasteiger partial charge is 0.372 e. The van der Waals surface area contributed by atoms with Crippen molar-refractivity contribution in [2.45, 2.75) is 38.3 Å². The second-order valence-electron chi connectivity index (χ2n) is 6.95. The van der Waals surface area contributed by atoms with Crippen LogP contribution in [0.15, 0.2) is 23.8 Å². The van der Waals surface area contributed by atoms with E-state index >= 15 is 0 Å². The monoisotopic (exact) mass is 373 g/mol. The van der Waals surface area contributed by atoms with Gasteiger partial charge in [0.1, 0.15) is 5.01 Å². The summed E-state index contributed by atoms with van der Waals surface area (Å²) in [4.78, 5) is 29.8. The summed E-state index contributed by atoms with van der Waals surface area (Å²) in [6.07, 6.45) is 5.71.